The molecule has 0 radical (unpaired) electrons. The van der Waals surface area contributed by atoms with Crippen molar-refractivity contribution in [1.29, 1.82) is 5.26 Å². The Hall–Kier alpha value is -4.67. The van der Waals surface area contributed by atoms with E-state index in [0.29, 0.717) is 17.7 Å². The number of aromatic nitrogens is 1. The molecule has 0 saturated carbocycles. The van der Waals surface area contributed by atoms with E-state index in [2.05, 4.69) is 9.72 Å². The van der Waals surface area contributed by atoms with E-state index < -0.39 is 49.0 Å². The summed E-state index contributed by atoms with van der Waals surface area (Å²) in [6.45, 7) is 1.52. The van der Waals surface area contributed by atoms with Gasteiger partial charge in [-0.3, -0.25) is 35.3 Å². The van der Waals surface area contributed by atoms with E-state index in [-0.39, 0.29) is 0 Å². The number of carbonyl (C=O) groups is 1. The highest BCUT2D eigenvalue weighted by atomic mass is 16.6. The van der Waals surface area contributed by atoms with Gasteiger partial charge in [0.05, 0.1) is 40.1 Å². The summed E-state index contributed by atoms with van der Waals surface area (Å²) >= 11 is 0. The quantitative estimate of drug-likeness (QED) is 0.421. The van der Waals surface area contributed by atoms with Crippen molar-refractivity contribution in [2.24, 2.45) is 0 Å². The van der Waals surface area contributed by atoms with Gasteiger partial charge in [-0.25, -0.2) is 4.79 Å². The van der Waals surface area contributed by atoms with Crippen molar-refractivity contribution in [3.63, 3.8) is 0 Å². The van der Waals surface area contributed by atoms with Crippen LogP contribution in [-0.4, -0.2) is 37.9 Å². The number of esters is 1. The average Bonchev–Trinajstić information content (AvgIpc) is 2.73. The van der Waals surface area contributed by atoms with E-state index in [1.165, 1.54) is 26.4 Å². The van der Waals surface area contributed by atoms with Gasteiger partial charge >= 0.3 is 17.3 Å². The van der Waals surface area contributed by atoms with Crippen molar-refractivity contribution in [2.45, 2.75) is 12.3 Å². The second-order valence-corrected chi connectivity index (χ2v) is 5.57. The Labute approximate surface area is 167 Å². The van der Waals surface area contributed by atoms with Gasteiger partial charge in [0, 0.05) is 12.4 Å². The Bertz CT molecular complexity index is 1000. The number of nitrogens with zero attached hydrogens (tertiary/aromatic N) is 5. The van der Waals surface area contributed by atoms with Crippen LogP contribution in [0.2, 0.25) is 0 Å². The van der Waals surface area contributed by atoms with Crippen LogP contribution in [0.25, 0.3) is 0 Å². The minimum Gasteiger partial charge on any atom is -0.497 e. The number of benzene rings is 1. The third kappa shape index (κ3) is 4.98. The van der Waals surface area contributed by atoms with E-state index in [1.807, 2.05) is 6.07 Å². The second kappa shape index (κ2) is 9.50. The molecule has 1 heterocycles. The van der Waals surface area contributed by atoms with Crippen LogP contribution in [-0.2, 0) is 14.9 Å². The first kappa shape index (κ1) is 23.4. The van der Waals surface area contributed by atoms with Gasteiger partial charge in [0.25, 0.3) is 11.4 Å². The monoisotopic (exact) mass is 419 g/mol. The van der Waals surface area contributed by atoms with E-state index in [0.717, 1.165) is 0 Å². The summed E-state index contributed by atoms with van der Waals surface area (Å²) < 4.78 is 4.58. The Morgan fingerprint density at radius 3 is 1.90 bits per heavy atom. The molecule has 1 atom stereocenters. The number of rotatable bonds is 5. The molecule has 0 spiro atoms. The topological polar surface area (TPSA) is 213 Å². The molecule has 0 saturated heterocycles. The molecular weight excluding hydrogens is 406 g/mol. The van der Waals surface area contributed by atoms with Crippen molar-refractivity contribution in [3.05, 3.63) is 72.6 Å². The number of hydrogen-bond acceptors (Lipinski definition) is 11. The van der Waals surface area contributed by atoms with Crippen LogP contribution in [0, 0.1) is 41.7 Å². The predicted octanol–water partition coefficient (Wildman–Crippen LogP) is 2.15. The van der Waals surface area contributed by atoms with Crippen molar-refractivity contribution in [1.82, 2.24) is 4.98 Å². The van der Waals surface area contributed by atoms with Gasteiger partial charge in [0.15, 0.2) is 5.41 Å². The fourth-order valence-electron chi connectivity index (χ4n) is 2.09. The molecule has 0 aliphatic rings. The molecule has 2 rings (SSSR count). The maximum Gasteiger partial charge on any atom is 0.330 e. The number of nitriles is 1. The van der Waals surface area contributed by atoms with E-state index in [1.54, 1.807) is 12.1 Å². The Morgan fingerprint density at radius 2 is 1.57 bits per heavy atom. The molecule has 0 aliphatic heterocycles. The van der Waals surface area contributed by atoms with Gasteiger partial charge in [-0.05, 0) is 24.6 Å². The molecule has 1 aromatic carbocycles. The maximum atomic E-state index is 11.4. The summed E-state index contributed by atoms with van der Waals surface area (Å²) in [5, 5.41) is 49.2. The van der Waals surface area contributed by atoms with Gasteiger partial charge in [0.2, 0.25) is 0 Å². The SMILES string of the molecule is COC(=O)C(C)(C#N)c1ccncc1.O=[N+]([O-])c1cc([N+](=O)[O-])c(O)c([N+](=O)[O-])c1. The molecule has 30 heavy (non-hydrogen) atoms. The van der Waals surface area contributed by atoms with Crippen molar-refractivity contribution >= 4 is 23.0 Å². The zero-order chi connectivity index (χ0) is 23.1. The lowest BCUT2D eigenvalue weighted by molar-refractivity contribution is -0.404. The number of nitro groups is 3. The molecule has 0 amide bonds. The molecule has 14 nitrogen and oxygen atoms in total. The highest BCUT2D eigenvalue weighted by Crippen LogP contribution is 2.38. The largest absolute Gasteiger partial charge is 0.497 e. The lowest BCUT2D eigenvalue weighted by Crippen LogP contribution is -2.32. The number of non-ortho nitro benzene ring substituents is 1. The Kier molecular flexibility index (Phi) is 7.40. The van der Waals surface area contributed by atoms with Gasteiger partial charge in [-0.1, -0.05) is 0 Å². The normalized spacial score (nSPS) is 11.6. The third-order valence-corrected chi connectivity index (χ3v) is 3.73. The second-order valence-electron chi connectivity index (χ2n) is 5.57. The number of carbonyl (C=O) groups excluding carboxylic acids is 1. The van der Waals surface area contributed by atoms with Crippen LogP contribution in [0.3, 0.4) is 0 Å². The molecule has 156 valence electrons. The van der Waals surface area contributed by atoms with E-state index in [9.17, 15) is 35.1 Å². The number of methoxy groups -OCH3 is 1. The highest BCUT2D eigenvalue weighted by molar-refractivity contribution is 5.86. The molecule has 0 bridgehead atoms. The summed E-state index contributed by atoms with van der Waals surface area (Å²) in [6, 6.07) is 6.09. The fourth-order valence-corrected chi connectivity index (χ4v) is 2.09. The lowest BCUT2D eigenvalue weighted by Gasteiger charge is -2.18. The number of nitro benzene ring substituents is 3. The fraction of sp³-hybridized carbons (Fsp3) is 0.188. The number of phenolic OH excluding ortho intramolecular Hbond substituents is 1. The van der Waals surface area contributed by atoms with Crippen molar-refractivity contribution in [2.75, 3.05) is 7.11 Å². The molecule has 2 aromatic rings. The molecule has 1 unspecified atom stereocenters. The first-order valence-corrected chi connectivity index (χ1v) is 7.70. The van der Waals surface area contributed by atoms with Crippen LogP contribution in [0.1, 0.15) is 12.5 Å². The number of ether oxygens (including phenoxy) is 1. The van der Waals surface area contributed by atoms with Crippen LogP contribution >= 0.6 is 0 Å². The van der Waals surface area contributed by atoms with E-state index >= 15 is 0 Å². The van der Waals surface area contributed by atoms with Crippen LogP contribution in [0.4, 0.5) is 17.1 Å². The summed E-state index contributed by atoms with van der Waals surface area (Å²) in [5.74, 6) is -1.77. The summed E-state index contributed by atoms with van der Waals surface area (Å²) in [6.07, 6.45) is 3.07. The summed E-state index contributed by atoms with van der Waals surface area (Å²) in [4.78, 5) is 43.0. The number of phenols is 1. The molecule has 0 aliphatic carbocycles. The van der Waals surface area contributed by atoms with Gasteiger partial charge in [-0.15, -0.1) is 0 Å². The van der Waals surface area contributed by atoms with Crippen LogP contribution < -0.4 is 0 Å². The summed E-state index contributed by atoms with van der Waals surface area (Å²) in [5.41, 5.74) is -3.67. The highest BCUT2D eigenvalue weighted by Gasteiger charge is 2.36. The molecular formula is C16H13N5O9. The number of pyridine rings is 1. The summed E-state index contributed by atoms with van der Waals surface area (Å²) in [7, 11) is 1.26. The van der Waals surface area contributed by atoms with Crippen LogP contribution in [0.5, 0.6) is 5.75 Å². The molecule has 0 fully saturated rings. The van der Waals surface area contributed by atoms with Gasteiger partial charge in [-0.2, -0.15) is 5.26 Å². The molecule has 14 heteroatoms. The zero-order valence-corrected chi connectivity index (χ0v) is 15.4. The number of hydrogen-bond donors (Lipinski definition) is 1. The van der Waals surface area contributed by atoms with Gasteiger partial charge < -0.3 is 9.84 Å². The van der Waals surface area contributed by atoms with Crippen LogP contribution in [0.15, 0.2) is 36.7 Å². The smallest absolute Gasteiger partial charge is 0.330 e. The standard InChI is InChI=1S/C10H10N2O2.C6H3N3O7/c1-10(7-11,9(13)14-2)8-3-5-12-6-4-8;10-6-4(8(13)14)1-3(7(11)12)2-5(6)9(15)16/h3-6H,1-2H3;1-2,10H. The third-order valence-electron chi connectivity index (χ3n) is 3.73. The zero-order valence-electron chi connectivity index (χ0n) is 15.4. The van der Waals surface area contributed by atoms with Crippen molar-refractivity contribution in [3.8, 4) is 11.8 Å². The number of aromatic hydroxyl groups is 1. The Balaban J connectivity index is 0.000000303. The minimum absolute atomic E-state index is 0.447. The molecule has 1 N–H and O–H groups in total. The molecule has 1 aromatic heterocycles. The van der Waals surface area contributed by atoms with Crippen molar-refractivity contribution < 1.29 is 29.4 Å². The van der Waals surface area contributed by atoms with E-state index in [4.69, 9.17) is 10.4 Å². The Morgan fingerprint density at radius 1 is 1.10 bits per heavy atom. The first-order valence-electron chi connectivity index (χ1n) is 7.70. The first-order chi connectivity index (χ1) is 14.0. The maximum absolute atomic E-state index is 11.4. The minimum atomic E-state index is -1.25. The average molecular weight is 419 g/mol. The predicted molar refractivity (Wildman–Crippen MR) is 97.3 cm³/mol. The lowest BCUT2D eigenvalue weighted by atomic mass is 9.85. The van der Waals surface area contributed by atoms with Gasteiger partial charge in [0.1, 0.15) is 0 Å².